The van der Waals surface area contributed by atoms with Gasteiger partial charge >= 0.3 is 0 Å². The summed E-state index contributed by atoms with van der Waals surface area (Å²) in [5.41, 5.74) is 2.60. The topological polar surface area (TPSA) is 58.2 Å². The van der Waals surface area contributed by atoms with Crippen LogP contribution in [0.5, 0.6) is 0 Å². The van der Waals surface area contributed by atoms with Gasteiger partial charge in [0.05, 0.1) is 15.7 Å². The molecule has 1 aromatic carbocycles. The van der Waals surface area contributed by atoms with Gasteiger partial charge in [0, 0.05) is 12.2 Å². The zero-order valence-corrected chi connectivity index (χ0v) is 13.4. The Kier molecular flexibility index (Phi) is 4.49. The normalized spacial score (nSPS) is 11.3. The Hall–Kier alpha value is -1.05. The largest absolute Gasteiger partial charge is 0.381 e. The molecule has 4 nitrogen and oxygen atoms in total. The molecular formula is C12H13BrN2O2S2. The molecule has 0 amide bonds. The first-order valence-electron chi connectivity index (χ1n) is 5.47. The van der Waals surface area contributed by atoms with E-state index in [0.29, 0.717) is 12.2 Å². The maximum atomic E-state index is 11.2. The maximum Gasteiger partial charge on any atom is 0.229 e. The van der Waals surface area contributed by atoms with Crippen molar-refractivity contribution >= 4 is 48.7 Å². The lowest BCUT2D eigenvalue weighted by molar-refractivity contribution is 0.607. The van der Waals surface area contributed by atoms with Gasteiger partial charge in [-0.1, -0.05) is 6.07 Å². The SMILES string of the molecule is CS(=O)(=O)Nc1cccc(NCc2csc(Br)c2)c1. The predicted molar refractivity (Wildman–Crippen MR) is 84.3 cm³/mol. The highest BCUT2D eigenvalue weighted by Gasteiger charge is 2.03. The van der Waals surface area contributed by atoms with Crippen LogP contribution in [0.25, 0.3) is 0 Å². The highest BCUT2D eigenvalue weighted by molar-refractivity contribution is 9.11. The second-order valence-corrected chi connectivity index (χ2v) is 8.11. The fourth-order valence-electron chi connectivity index (χ4n) is 1.55. The smallest absolute Gasteiger partial charge is 0.229 e. The molecule has 19 heavy (non-hydrogen) atoms. The Balaban J connectivity index is 2.03. The first kappa shape index (κ1) is 14.4. The molecule has 2 N–H and O–H groups in total. The fraction of sp³-hybridized carbons (Fsp3) is 0.167. The summed E-state index contributed by atoms with van der Waals surface area (Å²) in [4.78, 5) is 0. The van der Waals surface area contributed by atoms with Crippen molar-refractivity contribution in [3.63, 3.8) is 0 Å². The van der Waals surface area contributed by atoms with Crippen molar-refractivity contribution in [2.24, 2.45) is 0 Å². The Labute approximate surface area is 125 Å². The minimum atomic E-state index is -3.24. The first-order valence-corrected chi connectivity index (χ1v) is 9.03. The van der Waals surface area contributed by atoms with Crippen LogP contribution in [0.1, 0.15) is 5.56 Å². The number of nitrogens with one attached hydrogen (secondary N) is 2. The summed E-state index contributed by atoms with van der Waals surface area (Å²) in [7, 11) is -3.24. The van der Waals surface area contributed by atoms with E-state index in [1.54, 1.807) is 29.5 Å². The second kappa shape index (κ2) is 5.94. The highest BCUT2D eigenvalue weighted by atomic mass is 79.9. The Bertz CT molecular complexity index is 668. The van der Waals surface area contributed by atoms with E-state index in [-0.39, 0.29) is 0 Å². The van der Waals surface area contributed by atoms with Crippen molar-refractivity contribution < 1.29 is 8.42 Å². The molecule has 0 aliphatic heterocycles. The standard InChI is InChI=1S/C12H13BrN2O2S2/c1-19(16,17)15-11-4-2-3-10(6-11)14-7-9-5-12(13)18-8-9/h2-6,8,14-15H,7H2,1H3. The molecule has 0 bridgehead atoms. The molecule has 0 saturated carbocycles. The molecular weight excluding hydrogens is 348 g/mol. The van der Waals surface area contributed by atoms with E-state index in [1.165, 1.54) is 5.56 Å². The van der Waals surface area contributed by atoms with Gasteiger partial charge in [-0.2, -0.15) is 0 Å². The average molecular weight is 361 g/mol. The third-order valence-corrected chi connectivity index (χ3v) is 4.44. The molecule has 0 radical (unpaired) electrons. The molecule has 0 aliphatic rings. The summed E-state index contributed by atoms with van der Waals surface area (Å²) < 4.78 is 25.9. The van der Waals surface area contributed by atoms with Crippen LogP contribution in [0.15, 0.2) is 39.5 Å². The van der Waals surface area contributed by atoms with Crippen LogP contribution in [0.2, 0.25) is 0 Å². The molecule has 0 aliphatic carbocycles. The molecule has 0 unspecified atom stereocenters. The van der Waals surface area contributed by atoms with Crippen LogP contribution in [0.4, 0.5) is 11.4 Å². The number of hydrogen-bond acceptors (Lipinski definition) is 4. The van der Waals surface area contributed by atoms with Gasteiger partial charge in [-0.05, 0) is 51.1 Å². The second-order valence-electron chi connectivity index (χ2n) is 4.07. The Morgan fingerprint density at radius 2 is 2.00 bits per heavy atom. The lowest BCUT2D eigenvalue weighted by atomic mass is 10.2. The summed E-state index contributed by atoms with van der Waals surface area (Å²) in [5.74, 6) is 0. The van der Waals surface area contributed by atoms with Gasteiger partial charge in [0.2, 0.25) is 10.0 Å². The van der Waals surface area contributed by atoms with Crippen molar-refractivity contribution in [1.29, 1.82) is 0 Å². The van der Waals surface area contributed by atoms with Crippen molar-refractivity contribution in [3.8, 4) is 0 Å². The summed E-state index contributed by atoms with van der Waals surface area (Å²) in [6, 6.07) is 9.24. The van der Waals surface area contributed by atoms with E-state index in [0.717, 1.165) is 15.7 Å². The average Bonchev–Trinajstić information content (AvgIpc) is 2.71. The third-order valence-electron chi connectivity index (χ3n) is 2.28. The summed E-state index contributed by atoms with van der Waals surface area (Å²) in [6.07, 6.45) is 1.13. The Morgan fingerprint density at radius 1 is 1.26 bits per heavy atom. The third kappa shape index (κ3) is 4.85. The van der Waals surface area contributed by atoms with Crippen LogP contribution in [0, 0.1) is 0 Å². The van der Waals surface area contributed by atoms with Gasteiger partial charge < -0.3 is 5.32 Å². The van der Waals surface area contributed by atoms with Gasteiger partial charge in [0.15, 0.2) is 0 Å². The fourth-order valence-corrected chi connectivity index (χ4v) is 3.31. The van der Waals surface area contributed by atoms with Crippen LogP contribution < -0.4 is 10.0 Å². The van der Waals surface area contributed by atoms with Gasteiger partial charge in [-0.15, -0.1) is 11.3 Å². The minimum Gasteiger partial charge on any atom is -0.381 e. The number of benzene rings is 1. The molecule has 102 valence electrons. The lowest BCUT2D eigenvalue weighted by Crippen LogP contribution is -2.09. The van der Waals surface area contributed by atoms with Crippen molar-refractivity contribution in [3.05, 3.63) is 45.1 Å². The lowest BCUT2D eigenvalue weighted by Gasteiger charge is -2.08. The van der Waals surface area contributed by atoms with Crippen molar-refractivity contribution in [2.45, 2.75) is 6.54 Å². The zero-order valence-electron chi connectivity index (χ0n) is 10.2. The molecule has 1 aromatic heterocycles. The van der Waals surface area contributed by atoms with Gasteiger partial charge in [0.25, 0.3) is 0 Å². The maximum absolute atomic E-state index is 11.2. The van der Waals surface area contributed by atoms with E-state index >= 15 is 0 Å². The molecule has 7 heteroatoms. The number of sulfonamides is 1. The van der Waals surface area contributed by atoms with Crippen molar-refractivity contribution in [1.82, 2.24) is 0 Å². The Morgan fingerprint density at radius 3 is 2.63 bits per heavy atom. The number of hydrogen-bond donors (Lipinski definition) is 2. The summed E-state index contributed by atoms with van der Waals surface area (Å²) in [6.45, 7) is 0.699. The van der Waals surface area contributed by atoms with Crippen LogP contribution in [-0.4, -0.2) is 14.7 Å². The van der Waals surface area contributed by atoms with Crippen LogP contribution in [0.3, 0.4) is 0 Å². The number of anilines is 2. The predicted octanol–water partition coefficient (Wildman–Crippen LogP) is 3.49. The van der Waals surface area contributed by atoms with Crippen LogP contribution >= 0.6 is 27.3 Å². The first-order chi connectivity index (χ1) is 8.92. The molecule has 0 atom stereocenters. The van der Waals surface area contributed by atoms with Crippen LogP contribution in [-0.2, 0) is 16.6 Å². The number of rotatable bonds is 5. The van der Waals surface area contributed by atoms with E-state index in [9.17, 15) is 8.42 Å². The van der Waals surface area contributed by atoms with E-state index < -0.39 is 10.0 Å². The molecule has 0 saturated heterocycles. The molecule has 2 rings (SSSR count). The number of halogens is 1. The summed E-state index contributed by atoms with van der Waals surface area (Å²) in [5, 5.41) is 5.32. The van der Waals surface area contributed by atoms with E-state index in [1.807, 2.05) is 6.07 Å². The molecule has 0 fully saturated rings. The highest BCUT2D eigenvalue weighted by Crippen LogP contribution is 2.22. The zero-order chi connectivity index (χ0) is 13.9. The summed E-state index contributed by atoms with van der Waals surface area (Å²) >= 11 is 5.05. The van der Waals surface area contributed by atoms with Gasteiger partial charge in [-0.3, -0.25) is 4.72 Å². The molecule has 2 aromatic rings. The van der Waals surface area contributed by atoms with Crippen molar-refractivity contribution in [2.75, 3.05) is 16.3 Å². The van der Waals surface area contributed by atoms with Gasteiger partial charge in [0.1, 0.15) is 0 Å². The quantitative estimate of drug-likeness (QED) is 0.857. The molecule has 1 heterocycles. The number of thiophene rings is 1. The van der Waals surface area contributed by atoms with Gasteiger partial charge in [-0.25, -0.2) is 8.42 Å². The monoisotopic (exact) mass is 360 g/mol. The molecule has 0 spiro atoms. The van der Waals surface area contributed by atoms with E-state index in [2.05, 4.69) is 37.4 Å². The minimum absolute atomic E-state index is 0.555. The van der Waals surface area contributed by atoms with E-state index in [4.69, 9.17) is 0 Å².